The second kappa shape index (κ2) is 7.79. The summed E-state index contributed by atoms with van der Waals surface area (Å²) >= 11 is 0. The molecule has 120 valence electrons. The molecule has 0 aromatic carbocycles. The summed E-state index contributed by atoms with van der Waals surface area (Å²) in [5.41, 5.74) is 3.76. The molecule has 3 heteroatoms. The van der Waals surface area contributed by atoms with E-state index in [0.29, 0.717) is 11.5 Å². The van der Waals surface area contributed by atoms with Crippen LogP contribution >= 0.6 is 0 Å². The van der Waals surface area contributed by atoms with Crippen molar-refractivity contribution in [3.63, 3.8) is 0 Å². The Labute approximate surface area is 130 Å². The van der Waals surface area contributed by atoms with Crippen LogP contribution in [0.2, 0.25) is 0 Å². The second-order valence-electron chi connectivity index (χ2n) is 6.91. The summed E-state index contributed by atoms with van der Waals surface area (Å²) in [7, 11) is 1.74. The first-order valence-corrected chi connectivity index (χ1v) is 8.03. The zero-order valence-corrected chi connectivity index (χ0v) is 14.8. The van der Waals surface area contributed by atoms with Crippen LogP contribution in [0, 0.1) is 19.3 Å². The van der Waals surface area contributed by atoms with Crippen LogP contribution in [-0.2, 0) is 6.42 Å². The maximum absolute atomic E-state index is 5.48. The van der Waals surface area contributed by atoms with Gasteiger partial charge in [0.2, 0.25) is 0 Å². The number of nitrogens with zero attached hydrogens (tertiary/aromatic N) is 1. The molecule has 1 unspecified atom stereocenters. The predicted molar refractivity (Wildman–Crippen MR) is 90.1 cm³/mol. The lowest BCUT2D eigenvalue weighted by Crippen LogP contribution is -2.40. The third kappa shape index (κ3) is 4.99. The minimum atomic E-state index is 0.295. The van der Waals surface area contributed by atoms with Gasteiger partial charge >= 0.3 is 0 Å². The Kier molecular flexibility index (Phi) is 6.66. The molecule has 1 atom stereocenters. The summed E-state index contributed by atoms with van der Waals surface area (Å²) in [6, 6.07) is 0.551. The Balaban J connectivity index is 2.67. The Morgan fingerprint density at radius 1 is 1.29 bits per heavy atom. The summed E-state index contributed by atoms with van der Waals surface area (Å²) in [5.74, 6) is 0.985. The number of rotatable bonds is 7. The van der Waals surface area contributed by atoms with Crippen molar-refractivity contribution in [1.82, 2.24) is 10.3 Å². The van der Waals surface area contributed by atoms with Gasteiger partial charge in [-0.25, -0.2) is 0 Å². The van der Waals surface area contributed by atoms with Gasteiger partial charge in [-0.15, -0.1) is 0 Å². The van der Waals surface area contributed by atoms with E-state index in [1.807, 2.05) is 13.1 Å². The highest BCUT2D eigenvalue weighted by molar-refractivity contribution is 5.41. The molecule has 1 aromatic rings. The normalized spacial score (nSPS) is 13.3. The SMILES string of the molecule is CCNC(CCCc1ncc(C)c(OC)c1C)C(C)(C)C. The van der Waals surface area contributed by atoms with Crippen molar-refractivity contribution in [3.8, 4) is 5.75 Å². The molecule has 0 fully saturated rings. The number of hydrogen-bond donors (Lipinski definition) is 1. The van der Waals surface area contributed by atoms with Crippen LogP contribution in [-0.4, -0.2) is 24.7 Å². The maximum atomic E-state index is 5.48. The fourth-order valence-electron chi connectivity index (χ4n) is 2.88. The van der Waals surface area contributed by atoms with E-state index in [1.165, 1.54) is 17.7 Å². The molecule has 21 heavy (non-hydrogen) atoms. The Hall–Kier alpha value is -1.09. The fraction of sp³-hybridized carbons (Fsp3) is 0.722. The van der Waals surface area contributed by atoms with Crippen molar-refractivity contribution in [2.75, 3.05) is 13.7 Å². The van der Waals surface area contributed by atoms with E-state index in [9.17, 15) is 0 Å². The first-order chi connectivity index (χ1) is 9.81. The summed E-state index contributed by atoms with van der Waals surface area (Å²) in [6.45, 7) is 14.3. The average Bonchev–Trinajstić information content (AvgIpc) is 2.39. The van der Waals surface area contributed by atoms with Gasteiger partial charge in [0, 0.05) is 29.1 Å². The van der Waals surface area contributed by atoms with Crippen LogP contribution in [0.25, 0.3) is 0 Å². The molecule has 0 saturated carbocycles. The number of hydrogen-bond acceptors (Lipinski definition) is 3. The molecule has 0 amide bonds. The number of methoxy groups -OCH3 is 1. The van der Waals surface area contributed by atoms with Gasteiger partial charge in [-0.1, -0.05) is 27.7 Å². The molecule has 0 saturated heterocycles. The highest BCUT2D eigenvalue weighted by Crippen LogP contribution is 2.27. The maximum Gasteiger partial charge on any atom is 0.128 e. The lowest BCUT2D eigenvalue weighted by atomic mass is 9.83. The number of nitrogens with one attached hydrogen (secondary N) is 1. The molecule has 0 aliphatic carbocycles. The average molecular weight is 292 g/mol. The van der Waals surface area contributed by atoms with Gasteiger partial charge in [0.05, 0.1) is 7.11 Å². The highest BCUT2D eigenvalue weighted by atomic mass is 16.5. The predicted octanol–water partition coefficient (Wildman–Crippen LogP) is 4.05. The van der Waals surface area contributed by atoms with Crippen molar-refractivity contribution in [2.24, 2.45) is 5.41 Å². The van der Waals surface area contributed by atoms with Crippen molar-refractivity contribution in [1.29, 1.82) is 0 Å². The van der Waals surface area contributed by atoms with Gasteiger partial charge in [0.15, 0.2) is 0 Å². The van der Waals surface area contributed by atoms with Crippen LogP contribution in [0.3, 0.4) is 0 Å². The number of ether oxygens (including phenoxy) is 1. The number of aromatic nitrogens is 1. The van der Waals surface area contributed by atoms with Gasteiger partial charge in [0.25, 0.3) is 0 Å². The summed E-state index contributed by atoms with van der Waals surface area (Å²) in [5, 5.41) is 3.61. The van der Waals surface area contributed by atoms with E-state index in [-0.39, 0.29) is 0 Å². The lowest BCUT2D eigenvalue weighted by Gasteiger charge is -2.31. The summed E-state index contributed by atoms with van der Waals surface area (Å²) < 4.78 is 5.48. The highest BCUT2D eigenvalue weighted by Gasteiger charge is 2.23. The van der Waals surface area contributed by atoms with Crippen LogP contribution in [0.1, 0.15) is 57.4 Å². The van der Waals surface area contributed by atoms with Gasteiger partial charge in [0.1, 0.15) is 5.75 Å². The minimum Gasteiger partial charge on any atom is -0.496 e. The van der Waals surface area contributed by atoms with Gasteiger partial charge in [-0.05, 0) is 45.1 Å². The van der Waals surface area contributed by atoms with E-state index in [1.54, 1.807) is 7.11 Å². The van der Waals surface area contributed by atoms with Crippen molar-refractivity contribution < 1.29 is 4.74 Å². The fourth-order valence-corrected chi connectivity index (χ4v) is 2.88. The summed E-state index contributed by atoms with van der Waals surface area (Å²) in [6.07, 6.45) is 5.26. The van der Waals surface area contributed by atoms with E-state index in [0.717, 1.165) is 30.7 Å². The first kappa shape index (κ1) is 18.0. The zero-order valence-electron chi connectivity index (χ0n) is 14.8. The molecule has 0 aliphatic heterocycles. The van der Waals surface area contributed by atoms with Crippen LogP contribution in [0.4, 0.5) is 0 Å². The topological polar surface area (TPSA) is 34.2 Å². The monoisotopic (exact) mass is 292 g/mol. The smallest absolute Gasteiger partial charge is 0.128 e. The van der Waals surface area contributed by atoms with Crippen LogP contribution < -0.4 is 10.1 Å². The molecule has 3 nitrogen and oxygen atoms in total. The minimum absolute atomic E-state index is 0.295. The zero-order chi connectivity index (χ0) is 16.0. The third-order valence-electron chi connectivity index (χ3n) is 4.15. The molecule has 0 bridgehead atoms. The molecule has 0 radical (unpaired) electrons. The largest absolute Gasteiger partial charge is 0.496 e. The molecular weight excluding hydrogens is 260 g/mol. The quantitative estimate of drug-likeness (QED) is 0.823. The molecule has 0 aliphatic rings. The number of aryl methyl sites for hydroxylation is 2. The van der Waals surface area contributed by atoms with E-state index < -0.39 is 0 Å². The third-order valence-corrected chi connectivity index (χ3v) is 4.15. The molecule has 1 rings (SSSR count). The van der Waals surface area contributed by atoms with Gasteiger partial charge < -0.3 is 10.1 Å². The molecular formula is C18H32N2O. The first-order valence-electron chi connectivity index (χ1n) is 8.03. The van der Waals surface area contributed by atoms with Gasteiger partial charge in [-0.3, -0.25) is 4.98 Å². The molecule has 1 aromatic heterocycles. The van der Waals surface area contributed by atoms with Crippen molar-refractivity contribution in [3.05, 3.63) is 23.0 Å². The lowest BCUT2D eigenvalue weighted by molar-refractivity contribution is 0.254. The van der Waals surface area contributed by atoms with E-state index >= 15 is 0 Å². The van der Waals surface area contributed by atoms with Crippen molar-refractivity contribution in [2.45, 2.75) is 66.8 Å². The van der Waals surface area contributed by atoms with E-state index in [4.69, 9.17) is 4.74 Å². The Morgan fingerprint density at radius 2 is 1.95 bits per heavy atom. The van der Waals surface area contributed by atoms with E-state index in [2.05, 4.69) is 44.9 Å². The number of pyridine rings is 1. The summed E-state index contributed by atoms with van der Waals surface area (Å²) in [4.78, 5) is 4.59. The molecule has 1 heterocycles. The van der Waals surface area contributed by atoms with Crippen LogP contribution in [0.15, 0.2) is 6.20 Å². The Bertz CT molecular complexity index is 449. The second-order valence-corrected chi connectivity index (χ2v) is 6.91. The molecule has 1 N–H and O–H groups in total. The Morgan fingerprint density at radius 3 is 2.48 bits per heavy atom. The van der Waals surface area contributed by atoms with Crippen LogP contribution in [0.5, 0.6) is 5.75 Å². The van der Waals surface area contributed by atoms with Gasteiger partial charge in [-0.2, -0.15) is 0 Å². The standard InChI is InChI=1S/C18H32N2O/c1-8-19-16(18(4,5)6)11-9-10-15-14(3)17(21-7)13(2)12-20-15/h12,16,19H,8-11H2,1-7H3. The molecule has 0 spiro atoms. The van der Waals surface area contributed by atoms with Crippen molar-refractivity contribution >= 4 is 0 Å².